The Kier molecular flexibility index (Phi) is 2.76. The lowest BCUT2D eigenvalue weighted by Crippen LogP contribution is -2.29. The SMILES string of the molecule is Cc1occc1CN(C)C(=O)n1ccnc1. The highest BCUT2D eigenvalue weighted by Crippen LogP contribution is 2.11. The zero-order valence-corrected chi connectivity index (χ0v) is 9.25. The normalized spacial score (nSPS) is 10.4. The zero-order valence-electron chi connectivity index (χ0n) is 9.25. The van der Waals surface area contributed by atoms with Crippen LogP contribution >= 0.6 is 0 Å². The molecule has 0 radical (unpaired) electrons. The maximum Gasteiger partial charge on any atom is 0.329 e. The van der Waals surface area contributed by atoms with Gasteiger partial charge in [0.15, 0.2) is 0 Å². The standard InChI is InChI=1S/C11H13N3O2/c1-9-10(3-6-16-9)7-13(2)11(15)14-5-4-12-8-14/h3-6,8H,7H2,1-2H3. The van der Waals surface area contributed by atoms with E-state index >= 15 is 0 Å². The minimum atomic E-state index is -0.113. The lowest BCUT2D eigenvalue weighted by atomic mass is 10.2. The maximum absolute atomic E-state index is 11.9. The number of amides is 1. The van der Waals surface area contributed by atoms with Crippen molar-refractivity contribution in [3.8, 4) is 0 Å². The van der Waals surface area contributed by atoms with Gasteiger partial charge in [0.05, 0.1) is 12.8 Å². The molecule has 0 unspecified atom stereocenters. The molecule has 5 nitrogen and oxygen atoms in total. The number of furan rings is 1. The Labute approximate surface area is 93.3 Å². The van der Waals surface area contributed by atoms with E-state index < -0.39 is 0 Å². The molecule has 0 bridgehead atoms. The summed E-state index contributed by atoms with van der Waals surface area (Å²) in [6.07, 6.45) is 6.32. The lowest BCUT2D eigenvalue weighted by molar-refractivity contribution is 0.208. The second-order valence-corrected chi connectivity index (χ2v) is 3.61. The van der Waals surface area contributed by atoms with Crippen molar-refractivity contribution in [2.24, 2.45) is 0 Å². The van der Waals surface area contributed by atoms with Crippen LogP contribution in [0, 0.1) is 6.92 Å². The van der Waals surface area contributed by atoms with E-state index in [0.29, 0.717) is 6.54 Å². The van der Waals surface area contributed by atoms with Gasteiger partial charge in [-0.05, 0) is 13.0 Å². The van der Waals surface area contributed by atoms with Crippen LogP contribution in [0.15, 0.2) is 35.5 Å². The molecule has 0 saturated heterocycles. The summed E-state index contributed by atoms with van der Waals surface area (Å²) in [4.78, 5) is 17.3. The molecule has 16 heavy (non-hydrogen) atoms. The molecule has 0 fully saturated rings. The van der Waals surface area contributed by atoms with E-state index in [1.807, 2.05) is 13.0 Å². The summed E-state index contributed by atoms with van der Waals surface area (Å²) >= 11 is 0. The quantitative estimate of drug-likeness (QED) is 0.775. The van der Waals surface area contributed by atoms with Crippen molar-refractivity contribution in [3.63, 3.8) is 0 Å². The number of hydrogen-bond acceptors (Lipinski definition) is 3. The van der Waals surface area contributed by atoms with Crippen LogP contribution in [0.1, 0.15) is 11.3 Å². The van der Waals surface area contributed by atoms with Gasteiger partial charge in [-0.1, -0.05) is 0 Å². The van der Waals surface area contributed by atoms with Crippen molar-refractivity contribution in [2.75, 3.05) is 7.05 Å². The Morgan fingerprint density at radius 3 is 3.00 bits per heavy atom. The zero-order chi connectivity index (χ0) is 11.5. The first-order valence-electron chi connectivity index (χ1n) is 4.95. The Morgan fingerprint density at radius 2 is 2.44 bits per heavy atom. The molecule has 2 aromatic heterocycles. The number of nitrogens with zero attached hydrogens (tertiary/aromatic N) is 3. The predicted molar refractivity (Wildman–Crippen MR) is 57.9 cm³/mol. The van der Waals surface area contributed by atoms with Crippen molar-refractivity contribution in [3.05, 3.63) is 42.4 Å². The second kappa shape index (κ2) is 4.22. The Bertz CT molecular complexity index is 473. The van der Waals surface area contributed by atoms with Gasteiger partial charge in [0.25, 0.3) is 0 Å². The van der Waals surface area contributed by atoms with Gasteiger partial charge in [-0.25, -0.2) is 9.78 Å². The third-order valence-corrected chi connectivity index (χ3v) is 2.43. The van der Waals surface area contributed by atoms with Gasteiger partial charge < -0.3 is 9.32 Å². The Morgan fingerprint density at radius 1 is 1.62 bits per heavy atom. The number of carbonyl (C=O) groups is 1. The highest BCUT2D eigenvalue weighted by Gasteiger charge is 2.12. The fourth-order valence-electron chi connectivity index (χ4n) is 1.47. The van der Waals surface area contributed by atoms with Gasteiger partial charge in [0.1, 0.15) is 12.1 Å². The van der Waals surface area contributed by atoms with Gasteiger partial charge in [-0.15, -0.1) is 0 Å². The third kappa shape index (κ3) is 1.98. The molecule has 0 saturated carbocycles. The van der Waals surface area contributed by atoms with Crippen LogP contribution in [-0.2, 0) is 6.54 Å². The molecule has 2 rings (SSSR count). The van der Waals surface area contributed by atoms with E-state index in [0.717, 1.165) is 11.3 Å². The first kappa shape index (κ1) is 10.5. The van der Waals surface area contributed by atoms with Gasteiger partial charge in [0, 0.05) is 25.0 Å². The monoisotopic (exact) mass is 219 g/mol. The average Bonchev–Trinajstić information content (AvgIpc) is 2.89. The molecule has 0 N–H and O–H groups in total. The van der Waals surface area contributed by atoms with E-state index in [-0.39, 0.29) is 6.03 Å². The van der Waals surface area contributed by atoms with E-state index in [1.165, 1.54) is 10.9 Å². The van der Waals surface area contributed by atoms with Crippen LogP contribution in [0.3, 0.4) is 0 Å². The van der Waals surface area contributed by atoms with Crippen molar-refractivity contribution in [2.45, 2.75) is 13.5 Å². The minimum Gasteiger partial charge on any atom is -0.469 e. The fraction of sp³-hybridized carbons (Fsp3) is 0.273. The Balaban J connectivity index is 2.07. The second-order valence-electron chi connectivity index (χ2n) is 3.61. The third-order valence-electron chi connectivity index (χ3n) is 2.43. The molecule has 2 aromatic rings. The van der Waals surface area contributed by atoms with Crippen LogP contribution in [0.5, 0.6) is 0 Å². The molecule has 0 aliphatic rings. The minimum absolute atomic E-state index is 0.113. The summed E-state index contributed by atoms with van der Waals surface area (Å²) in [5.41, 5.74) is 1.01. The first-order valence-corrected chi connectivity index (χ1v) is 4.95. The smallest absolute Gasteiger partial charge is 0.329 e. The summed E-state index contributed by atoms with van der Waals surface area (Å²) < 4.78 is 6.62. The topological polar surface area (TPSA) is 51.3 Å². The molecule has 84 valence electrons. The van der Waals surface area contributed by atoms with Crippen LogP contribution in [0.2, 0.25) is 0 Å². The Hall–Kier alpha value is -2.04. The van der Waals surface area contributed by atoms with Crippen molar-refractivity contribution in [1.82, 2.24) is 14.5 Å². The molecule has 0 spiro atoms. The number of aryl methyl sites for hydroxylation is 1. The number of hydrogen-bond donors (Lipinski definition) is 0. The van der Waals surface area contributed by atoms with Gasteiger partial charge in [0.2, 0.25) is 0 Å². The molecule has 1 amide bonds. The molecule has 2 heterocycles. The van der Waals surface area contributed by atoms with Crippen molar-refractivity contribution < 1.29 is 9.21 Å². The number of rotatable bonds is 2. The van der Waals surface area contributed by atoms with E-state index in [4.69, 9.17) is 4.42 Å². The van der Waals surface area contributed by atoms with Gasteiger partial charge in [-0.2, -0.15) is 0 Å². The van der Waals surface area contributed by atoms with E-state index in [2.05, 4.69) is 4.98 Å². The largest absolute Gasteiger partial charge is 0.469 e. The number of carbonyl (C=O) groups excluding carboxylic acids is 1. The van der Waals surface area contributed by atoms with E-state index in [1.54, 1.807) is 30.6 Å². The summed E-state index contributed by atoms with van der Waals surface area (Å²) in [6.45, 7) is 2.41. The predicted octanol–water partition coefficient (Wildman–Crippen LogP) is 1.88. The molecule has 0 atom stereocenters. The molecule has 5 heteroatoms. The number of imidazole rings is 1. The summed E-state index contributed by atoms with van der Waals surface area (Å²) in [5.74, 6) is 0.838. The highest BCUT2D eigenvalue weighted by molar-refractivity contribution is 5.76. The highest BCUT2D eigenvalue weighted by atomic mass is 16.3. The molecule has 0 aliphatic heterocycles. The molecular formula is C11H13N3O2. The summed E-state index contributed by atoms with van der Waals surface area (Å²) in [6, 6.07) is 1.76. The van der Waals surface area contributed by atoms with Crippen molar-refractivity contribution in [1.29, 1.82) is 0 Å². The molecule has 0 aliphatic carbocycles. The molecular weight excluding hydrogens is 206 g/mol. The average molecular weight is 219 g/mol. The molecule has 0 aromatic carbocycles. The van der Waals surface area contributed by atoms with Gasteiger partial charge in [-0.3, -0.25) is 4.57 Å². The lowest BCUT2D eigenvalue weighted by Gasteiger charge is -2.16. The van der Waals surface area contributed by atoms with Crippen LogP contribution in [0.4, 0.5) is 4.79 Å². The van der Waals surface area contributed by atoms with Crippen LogP contribution in [-0.4, -0.2) is 27.5 Å². The number of aromatic nitrogens is 2. The van der Waals surface area contributed by atoms with Gasteiger partial charge >= 0.3 is 6.03 Å². The van der Waals surface area contributed by atoms with Crippen LogP contribution in [0.25, 0.3) is 0 Å². The van der Waals surface area contributed by atoms with Crippen molar-refractivity contribution >= 4 is 6.03 Å². The van der Waals surface area contributed by atoms with E-state index in [9.17, 15) is 4.79 Å². The summed E-state index contributed by atoms with van der Waals surface area (Å²) in [5, 5.41) is 0. The maximum atomic E-state index is 11.9. The summed E-state index contributed by atoms with van der Waals surface area (Å²) in [7, 11) is 1.74. The van der Waals surface area contributed by atoms with Crippen LogP contribution < -0.4 is 0 Å². The fourth-order valence-corrected chi connectivity index (χ4v) is 1.47. The first-order chi connectivity index (χ1) is 7.68.